The molecular weight excluding hydrogens is 373 g/mol. The van der Waals surface area contributed by atoms with Gasteiger partial charge in [-0.3, -0.25) is 4.72 Å². The van der Waals surface area contributed by atoms with Crippen LogP contribution in [0.1, 0.15) is 0 Å². The number of rotatable bonds is 3. The van der Waals surface area contributed by atoms with Crippen molar-refractivity contribution in [3.8, 4) is 5.75 Å². The van der Waals surface area contributed by atoms with E-state index >= 15 is 0 Å². The summed E-state index contributed by atoms with van der Waals surface area (Å²) in [5.74, 6) is -1.17. The van der Waals surface area contributed by atoms with Crippen LogP contribution in [0.5, 0.6) is 5.75 Å². The average molecular weight is 381 g/mol. The van der Waals surface area contributed by atoms with Gasteiger partial charge in [0.2, 0.25) is 0 Å². The molecule has 0 aromatic heterocycles. The smallest absolute Gasteiger partial charge is 0.262 e. The van der Waals surface area contributed by atoms with Crippen molar-refractivity contribution in [2.75, 3.05) is 4.72 Å². The number of aromatic hydroxyl groups is 1. The van der Waals surface area contributed by atoms with Gasteiger partial charge in [0.25, 0.3) is 10.0 Å². The fraction of sp³-hybridized carbons (Fsp3) is 0. The summed E-state index contributed by atoms with van der Waals surface area (Å²) >= 11 is 8.90. The zero-order valence-electron chi connectivity index (χ0n) is 9.77. The number of benzene rings is 2. The fourth-order valence-electron chi connectivity index (χ4n) is 1.43. The molecule has 2 aromatic rings. The van der Waals surface area contributed by atoms with E-state index in [1.54, 1.807) is 0 Å². The number of sulfonamides is 1. The number of anilines is 1. The minimum absolute atomic E-state index is 0.0683. The summed E-state index contributed by atoms with van der Waals surface area (Å²) in [7, 11) is -3.95. The molecule has 0 saturated carbocycles. The van der Waals surface area contributed by atoms with E-state index in [4.69, 9.17) is 16.7 Å². The predicted octanol–water partition coefficient (Wildman–Crippen LogP) is 3.75. The zero-order valence-corrected chi connectivity index (χ0v) is 12.9. The Labute approximate surface area is 128 Å². The van der Waals surface area contributed by atoms with Crippen LogP contribution in [0.15, 0.2) is 45.8 Å². The van der Waals surface area contributed by atoms with Crippen molar-refractivity contribution in [3.63, 3.8) is 0 Å². The number of halogens is 3. The van der Waals surface area contributed by atoms with E-state index in [0.717, 1.165) is 12.1 Å². The van der Waals surface area contributed by atoms with E-state index in [9.17, 15) is 12.8 Å². The van der Waals surface area contributed by atoms with Crippen molar-refractivity contribution in [2.24, 2.45) is 0 Å². The molecule has 0 spiro atoms. The highest BCUT2D eigenvalue weighted by Gasteiger charge is 2.17. The van der Waals surface area contributed by atoms with E-state index in [1.807, 2.05) is 0 Å². The third-order valence-corrected chi connectivity index (χ3v) is 4.98. The van der Waals surface area contributed by atoms with Gasteiger partial charge in [0.05, 0.1) is 15.6 Å². The van der Waals surface area contributed by atoms with Crippen LogP contribution in [-0.4, -0.2) is 13.5 Å². The van der Waals surface area contributed by atoms with Crippen LogP contribution in [-0.2, 0) is 10.0 Å². The van der Waals surface area contributed by atoms with Crippen LogP contribution in [0.25, 0.3) is 0 Å². The van der Waals surface area contributed by atoms with Crippen LogP contribution >= 0.6 is 27.5 Å². The SMILES string of the molecule is O=S(=O)(Nc1ccc(O)cc1F)c1ccc(Cl)c(Br)c1. The maximum Gasteiger partial charge on any atom is 0.262 e. The molecule has 2 aromatic carbocycles. The molecule has 2 N–H and O–H groups in total. The Kier molecular flexibility index (Phi) is 4.22. The topological polar surface area (TPSA) is 66.4 Å². The second-order valence-electron chi connectivity index (χ2n) is 3.85. The Bertz CT molecular complexity index is 767. The van der Waals surface area contributed by atoms with E-state index in [0.29, 0.717) is 9.50 Å². The molecule has 0 aliphatic carbocycles. The summed E-state index contributed by atoms with van der Waals surface area (Å²) in [6, 6.07) is 7.14. The van der Waals surface area contributed by atoms with Gasteiger partial charge in [-0.2, -0.15) is 0 Å². The predicted molar refractivity (Wildman–Crippen MR) is 78.0 cm³/mol. The molecule has 106 valence electrons. The van der Waals surface area contributed by atoms with Crippen LogP contribution in [0.3, 0.4) is 0 Å². The Balaban J connectivity index is 2.38. The highest BCUT2D eigenvalue weighted by Crippen LogP contribution is 2.27. The first kappa shape index (κ1) is 15.1. The average Bonchev–Trinajstić information content (AvgIpc) is 2.36. The largest absolute Gasteiger partial charge is 0.508 e. The molecular formula is C12H8BrClFNO3S. The van der Waals surface area contributed by atoms with Gasteiger partial charge in [-0.1, -0.05) is 11.6 Å². The monoisotopic (exact) mass is 379 g/mol. The molecule has 0 amide bonds. The fourth-order valence-corrected chi connectivity index (χ4v) is 3.18. The number of phenolic OH excluding ortho intramolecular Hbond substituents is 1. The van der Waals surface area contributed by atoms with Gasteiger partial charge in [0, 0.05) is 10.5 Å². The van der Waals surface area contributed by atoms with Crippen molar-refractivity contribution in [3.05, 3.63) is 51.7 Å². The van der Waals surface area contributed by atoms with Gasteiger partial charge in [0.15, 0.2) is 5.82 Å². The zero-order chi connectivity index (χ0) is 14.9. The summed E-state index contributed by atoms with van der Waals surface area (Å²) in [5.41, 5.74) is -0.256. The molecule has 0 fully saturated rings. The third-order valence-electron chi connectivity index (χ3n) is 2.40. The number of hydrogen-bond donors (Lipinski definition) is 2. The minimum atomic E-state index is -3.95. The molecule has 0 atom stereocenters. The first-order chi connectivity index (χ1) is 9.29. The van der Waals surface area contributed by atoms with Crippen LogP contribution in [0.2, 0.25) is 5.02 Å². The summed E-state index contributed by atoms with van der Waals surface area (Å²) in [6.07, 6.45) is 0. The standard InChI is InChI=1S/C12H8BrClFNO3S/c13-9-6-8(2-3-10(9)14)20(18,19)16-12-4-1-7(17)5-11(12)15/h1-6,16-17H. The first-order valence-electron chi connectivity index (χ1n) is 5.26. The first-order valence-corrected chi connectivity index (χ1v) is 7.91. The summed E-state index contributed by atoms with van der Waals surface area (Å²) in [6.45, 7) is 0. The van der Waals surface area contributed by atoms with Crippen molar-refractivity contribution in [1.82, 2.24) is 0 Å². The Morgan fingerprint density at radius 2 is 1.90 bits per heavy atom. The second kappa shape index (κ2) is 5.59. The van der Waals surface area contributed by atoms with Crippen molar-refractivity contribution >= 4 is 43.2 Å². The van der Waals surface area contributed by atoms with Gasteiger partial charge in [0.1, 0.15) is 5.75 Å². The molecule has 2 rings (SSSR count). The maximum absolute atomic E-state index is 13.5. The summed E-state index contributed by atoms with van der Waals surface area (Å²) in [4.78, 5) is -0.0683. The highest BCUT2D eigenvalue weighted by molar-refractivity contribution is 9.10. The number of nitrogens with one attached hydrogen (secondary N) is 1. The van der Waals surface area contributed by atoms with E-state index < -0.39 is 15.8 Å². The Morgan fingerprint density at radius 1 is 1.20 bits per heavy atom. The lowest BCUT2D eigenvalue weighted by Gasteiger charge is -2.09. The van der Waals surface area contributed by atoms with Gasteiger partial charge in [-0.15, -0.1) is 0 Å². The summed E-state index contributed by atoms with van der Waals surface area (Å²) < 4.78 is 40.2. The molecule has 8 heteroatoms. The third kappa shape index (κ3) is 3.23. The van der Waals surface area contributed by atoms with E-state index in [-0.39, 0.29) is 16.3 Å². The van der Waals surface area contributed by atoms with Crippen molar-refractivity contribution in [1.29, 1.82) is 0 Å². The van der Waals surface area contributed by atoms with E-state index in [1.165, 1.54) is 24.3 Å². The Hall–Kier alpha value is -1.31. The Morgan fingerprint density at radius 3 is 2.50 bits per heavy atom. The summed E-state index contributed by atoms with van der Waals surface area (Å²) in [5, 5.41) is 9.44. The van der Waals surface area contributed by atoms with Crippen LogP contribution < -0.4 is 4.72 Å². The molecule has 0 bridgehead atoms. The van der Waals surface area contributed by atoms with E-state index in [2.05, 4.69) is 20.7 Å². The number of phenols is 1. The van der Waals surface area contributed by atoms with Crippen molar-refractivity contribution < 1.29 is 17.9 Å². The lowest BCUT2D eigenvalue weighted by molar-refractivity contribution is 0.469. The van der Waals surface area contributed by atoms with Gasteiger partial charge < -0.3 is 5.11 Å². The molecule has 4 nitrogen and oxygen atoms in total. The minimum Gasteiger partial charge on any atom is -0.508 e. The lowest BCUT2D eigenvalue weighted by Crippen LogP contribution is -2.13. The van der Waals surface area contributed by atoms with Crippen molar-refractivity contribution in [2.45, 2.75) is 4.90 Å². The lowest BCUT2D eigenvalue weighted by atomic mass is 10.3. The quantitative estimate of drug-likeness (QED) is 0.797. The molecule has 0 radical (unpaired) electrons. The van der Waals surface area contributed by atoms with Crippen LogP contribution in [0, 0.1) is 5.82 Å². The van der Waals surface area contributed by atoms with Gasteiger partial charge in [-0.05, 0) is 46.3 Å². The normalized spacial score (nSPS) is 11.3. The maximum atomic E-state index is 13.5. The van der Waals surface area contributed by atoms with Crippen LogP contribution in [0.4, 0.5) is 10.1 Å². The molecule has 0 aliphatic rings. The van der Waals surface area contributed by atoms with Gasteiger partial charge >= 0.3 is 0 Å². The molecule has 0 unspecified atom stereocenters. The van der Waals surface area contributed by atoms with Gasteiger partial charge in [-0.25, -0.2) is 12.8 Å². The highest BCUT2D eigenvalue weighted by atomic mass is 79.9. The molecule has 0 heterocycles. The molecule has 0 saturated heterocycles. The number of hydrogen-bond acceptors (Lipinski definition) is 3. The second-order valence-corrected chi connectivity index (χ2v) is 6.79. The molecule has 20 heavy (non-hydrogen) atoms. The molecule has 0 aliphatic heterocycles.